The Morgan fingerprint density at radius 2 is 1.58 bits per heavy atom. The summed E-state index contributed by atoms with van der Waals surface area (Å²) in [5.74, 6) is 0.798. The van der Waals surface area contributed by atoms with Crippen LogP contribution >= 0.6 is 11.6 Å². The van der Waals surface area contributed by atoms with Crippen molar-refractivity contribution in [3.8, 4) is 5.69 Å². The number of hydrogen-bond donors (Lipinski definition) is 0. The van der Waals surface area contributed by atoms with Crippen molar-refractivity contribution >= 4 is 39.2 Å². The Morgan fingerprint density at radius 3 is 2.32 bits per heavy atom. The fraction of sp³-hybridized carbons (Fsp3) is 0.219. The van der Waals surface area contributed by atoms with Crippen LogP contribution in [0.3, 0.4) is 0 Å². The largest absolute Gasteiger partial charge is 0.329 e. The molecule has 0 radical (unpaired) electrons. The highest BCUT2D eigenvalue weighted by Crippen LogP contribution is 2.27. The van der Waals surface area contributed by atoms with Crippen LogP contribution in [0.2, 0.25) is 5.02 Å². The summed E-state index contributed by atoms with van der Waals surface area (Å²) in [6.45, 7) is 6.74. The number of aromatic nitrogens is 2. The van der Waals surface area contributed by atoms with Crippen molar-refractivity contribution in [2.24, 2.45) is 5.92 Å². The number of halogens is 1. The normalized spacial score (nSPS) is 12.2. The van der Waals surface area contributed by atoms with Gasteiger partial charge in [-0.2, -0.15) is 0 Å². The molecule has 1 amide bonds. The molecule has 0 bridgehead atoms. The number of carbonyl (C=O) groups excluding carboxylic acids is 1. The number of rotatable bonds is 7. The van der Waals surface area contributed by atoms with Gasteiger partial charge in [-0.3, -0.25) is 14.2 Å². The topological polar surface area (TPSA) is 55.2 Å². The lowest BCUT2D eigenvalue weighted by Crippen LogP contribution is -2.38. The molecule has 0 N–H and O–H groups in total. The van der Waals surface area contributed by atoms with Gasteiger partial charge >= 0.3 is 0 Å². The fourth-order valence-corrected chi connectivity index (χ4v) is 4.89. The first-order valence-electron chi connectivity index (χ1n) is 12.9. The fourth-order valence-electron chi connectivity index (χ4n) is 4.76. The van der Waals surface area contributed by atoms with Crippen molar-refractivity contribution in [2.45, 2.75) is 33.2 Å². The van der Waals surface area contributed by atoms with Crippen molar-refractivity contribution in [3.05, 3.63) is 118 Å². The molecule has 192 valence electrons. The Bertz CT molecular complexity index is 1670. The molecule has 38 heavy (non-hydrogen) atoms. The smallest absolute Gasteiger partial charge is 0.266 e. The summed E-state index contributed by atoms with van der Waals surface area (Å²) in [7, 11) is 0. The molecule has 0 spiro atoms. The zero-order valence-electron chi connectivity index (χ0n) is 21.8. The Labute approximate surface area is 227 Å². The van der Waals surface area contributed by atoms with Gasteiger partial charge in [0, 0.05) is 17.1 Å². The SMILES string of the molecule is CC(C)CCN(C(=O)c1ccc(Cl)cc1)C(C)c1nc2ccccc2c(=O)n1-c1ccc2ccccc2c1. The molecule has 0 fully saturated rings. The third-order valence-electron chi connectivity index (χ3n) is 6.93. The zero-order valence-corrected chi connectivity index (χ0v) is 22.5. The molecule has 0 aliphatic carbocycles. The van der Waals surface area contributed by atoms with Crippen LogP contribution in [0, 0.1) is 5.92 Å². The lowest BCUT2D eigenvalue weighted by molar-refractivity contribution is 0.0671. The predicted molar refractivity (Wildman–Crippen MR) is 155 cm³/mol. The summed E-state index contributed by atoms with van der Waals surface area (Å²) in [6, 6.07) is 27.8. The number of fused-ring (bicyclic) bond motifs is 2. The van der Waals surface area contributed by atoms with Gasteiger partial charge in [0.05, 0.1) is 22.6 Å². The molecule has 0 aliphatic rings. The number of hydrogen-bond acceptors (Lipinski definition) is 3. The number of benzene rings is 4. The first-order chi connectivity index (χ1) is 18.3. The van der Waals surface area contributed by atoms with Crippen molar-refractivity contribution in [1.82, 2.24) is 14.5 Å². The summed E-state index contributed by atoms with van der Waals surface area (Å²) < 4.78 is 1.66. The van der Waals surface area contributed by atoms with Gasteiger partial charge in [-0.25, -0.2) is 4.98 Å². The van der Waals surface area contributed by atoms with Crippen molar-refractivity contribution in [3.63, 3.8) is 0 Å². The van der Waals surface area contributed by atoms with Gasteiger partial charge in [-0.15, -0.1) is 0 Å². The first kappa shape index (κ1) is 25.7. The molecule has 5 rings (SSSR count). The van der Waals surface area contributed by atoms with Crippen LogP contribution in [0.15, 0.2) is 95.8 Å². The minimum absolute atomic E-state index is 0.123. The van der Waals surface area contributed by atoms with Gasteiger partial charge in [0.15, 0.2) is 0 Å². The monoisotopic (exact) mass is 523 g/mol. The lowest BCUT2D eigenvalue weighted by atomic mass is 10.1. The predicted octanol–water partition coefficient (Wildman–Crippen LogP) is 7.44. The molecular formula is C32H30ClN3O2. The van der Waals surface area contributed by atoms with Gasteiger partial charge < -0.3 is 4.90 Å². The molecule has 5 aromatic rings. The van der Waals surface area contributed by atoms with Gasteiger partial charge in [0.2, 0.25) is 0 Å². The van der Waals surface area contributed by atoms with Crippen molar-refractivity contribution < 1.29 is 4.79 Å². The summed E-state index contributed by atoms with van der Waals surface area (Å²) in [5.41, 5.74) is 1.72. The van der Waals surface area contributed by atoms with Crippen LogP contribution in [0.1, 0.15) is 49.4 Å². The standard InChI is InChI=1S/C32H30ClN3O2/c1-21(2)18-19-35(31(37)24-12-15-26(33)16-13-24)22(3)30-34-29-11-7-6-10-28(29)32(38)36(30)27-17-14-23-8-4-5-9-25(23)20-27/h4-17,20-22H,18-19H2,1-3H3. The third-order valence-corrected chi connectivity index (χ3v) is 7.19. The zero-order chi connectivity index (χ0) is 26.8. The molecule has 0 saturated carbocycles. The van der Waals surface area contributed by atoms with E-state index in [0.29, 0.717) is 39.8 Å². The number of carbonyl (C=O) groups is 1. The summed E-state index contributed by atoms with van der Waals surface area (Å²) >= 11 is 6.09. The number of para-hydroxylation sites is 1. The number of amides is 1. The van der Waals surface area contributed by atoms with E-state index in [1.165, 1.54) is 0 Å². The molecule has 0 saturated heterocycles. The Kier molecular flexibility index (Phi) is 7.30. The molecule has 1 heterocycles. The van der Waals surface area contributed by atoms with E-state index in [0.717, 1.165) is 22.9 Å². The van der Waals surface area contributed by atoms with Gasteiger partial charge in [0.25, 0.3) is 11.5 Å². The highest BCUT2D eigenvalue weighted by atomic mass is 35.5. The van der Waals surface area contributed by atoms with Crippen molar-refractivity contribution in [1.29, 1.82) is 0 Å². The summed E-state index contributed by atoms with van der Waals surface area (Å²) in [6.07, 6.45) is 0.817. The minimum atomic E-state index is -0.472. The quantitative estimate of drug-likeness (QED) is 0.223. The third kappa shape index (κ3) is 5.07. The molecule has 6 heteroatoms. The average Bonchev–Trinajstić information content (AvgIpc) is 2.93. The maximum atomic E-state index is 14.0. The van der Waals surface area contributed by atoms with E-state index in [1.807, 2.05) is 72.5 Å². The van der Waals surface area contributed by atoms with Crippen LogP contribution in [-0.4, -0.2) is 26.9 Å². The van der Waals surface area contributed by atoms with Crippen LogP contribution in [0.5, 0.6) is 0 Å². The van der Waals surface area contributed by atoms with E-state index in [2.05, 4.69) is 13.8 Å². The summed E-state index contributed by atoms with van der Waals surface area (Å²) in [5, 5.41) is 3.22. The molecule has 1 unspecified atom stereocenters. The van der Waals surface area contributed by atoms with Gasteiger partial charge in [0.1, 0.15) is 5.82 Å². The van der Waals surface area contributed by atoms with E-state index in [-0.39, 0.29) is 11.5 Å². The Balaban J connectivity index is 1.69. The maximum Gasteiger partial charge on any atom is 0.266 e. The lowest BCUT2D eigenvalue weighted by Gasteiger charge is -2.31. The number of nitrogens with zero attached hydrogens (tertiary/aromatic N) is 3. The molecule has 1 aromatic heterocycles. The first-order valence-corrected chi connectivity index (χ1v) is 13.3. The second-order valence-electron chi connectivity index (χ2n) is 10.0. The van der Waals surface area contributed by atoms with Crippen molar-refractivity contribution in [2.75, 3.05) is 6.54 Å². The Hall–Kier alpha value is -3.96. The molecule has 4 aromatic carbocycles. The maximum absolute atomic E-state index is 14.0. The van der Waals surface area contributed by atoms with Gasteiger partial charge in [-0.05, 0) is 78.6 Å². The van der Waals surface area contributed by atoms with E-state index in [9.17, 15) is 9.59 Å². The second-order valence-corrected chi connectivity index (χ2v) is 10.5. The molecular weight excluding hydrogens is 494 g/mol. The summed E-state index contributed by atoms with van der Waals surface area (Å²) in [4.78, 5) is 34.6. The van der Waals surface area contributed by atoms with Gasteiger partial charge in [-0.1, -0.05) is 67.9 Å². The van der Waals surface area contributed by atoms with E-state index in [1.54, 1.807) is 34.9 Å². The minimum Gasteiger partial charge on any atom is -0.329 e. The molecule has 1 atom stereocenters. The van der Waals surface area contributed by atoms with E-state index >= 15 is 0 Å². The van der Waals surface area contributed by atoms with Crippen LogP contribution < -0.4 is 5.56 Å². The molecule has 5 nitrogen and oxygen atoms in total. The van der Waals surface area contributed by atoms with E-state index in [4.69, 9.17) is 16.6 Å². The van der Waals surface area contributed by atoms with Crippen LogP contribution in [0.4, 0.5) is 0 Å². The van der Waals surface area contributed by atoms with E-state index < -0.39 is 6.04 Å². The highest BCUT2D eigenvalue weighted by molar-refractivity contribution is 6.30. The second kappa shape index (κ2) is 10.8. The highest BCUT2D eigenvalue weighted by Gasteiger charge is 2.28. The average molecular weight is 524 g/mol. The van der Waals surface area contributed by atoms with Crippen LogP contribution in [0.25, 0.3) is 27.4 Å². The molecule has 0 aliphatic heterocycles. The Morgan fingerprint density at radius 1 is 0.895 bits per heavy atom. The van der Waals surface area contributed by atoms with Crippen LogP contribution in [-0.2, 0) is 0 Å².